The van der Waals surface area contributed by atoms with Crippen molar-refractivity contribution in [3.8, 4) is 0 Å². The van der Waals surface area contributed by atoms with E-state index >= 15 is 0 Å². The summed E-state index contributed by atoms with van der Waals surface area (Å²) in [6.07, 6.45) is 1.83. The summed E-state index contributed by atoms with van der Waals surface area (Å²) in [6, 6.07) is 17.3. The standard InChI is InChI=1S/C23H26FN5S/c1-18-5-4-6-19(15-18)16-27-11-13-28(14-12-27)23(30)25-22-9-10-29(26-22)17-20-7-2-3-8-21(20)24/h2-10,15H,11-14,16-17H2,1H3,(H,25,26,30). The molecule has 156 valence electrons. The van der Waals surface area contributed by atoms with Gasteiger partial charge in [-0.25, -0.2) is 4.39 Å². The minimum absolute atomic E-state index is 0.221. The number of rotatable bonds is 5. The van der Waals surface area contributed by atoms with Crippen molar-refractivity contribution >= 4 is 23.1 Å². The van der Waals surface area contributed by atoms with E-state index in [0.29, 0.717) is 23.0 Å². The summed E-state index contributed by atoms with van der Waals surface area (Å²) < 4.78 is 15.5. The Morgan fingerprint density at radius 2 is 1.83 bits per heavy atom. The van der Waals surface area contributed by atoms with Crippen LogP contribution in [0.2, 0.25) is 0 Å². The van der Waals surface area contributed by atoms with E-state index in [0.717, 1.165) is 32.7 Å². The topological polar surface area (TPSA) is 36.3 Å². The number of anilines is 1. The summed E-state index contributed by atoms with van der Waals surface area (Å²) in [7, 11) is 0. The molecule has 2 aromatic carbocycles. The van der Waals surface area contributed by atoms with Crippen LogP contribution in [0.3, 0.4) is 0 Å². The number of nitrogens with zero attached hydrogens (tertiary/aromatic N) is 4. The number of nitrogens with one attached hydrogen (secondary N) is 1. The zero-order valence-electron chi connectivity index (χ0n) is 17.1. The van der Waals surface area contributed by atoms with E-state index in [1.54, 1.807) is 16.8 Å². The van der Waals surface area contributed by atoms with Gasteiger partial charge in [-0.1, -0.05) is 48.0 Å². The highest BCUT2D eigenvalue weighted by Crippen LogP contribution is 2.13. The predicted octanol–water partition coefficient (Wildman–Crippen LogP) is 3.89. The highest BCUT2D eigenvalue weighted by Gasteiger charge is 2.19. The SMILES string of the molecule is Cc1cccc(CN2CCN(C(=S)Nc3ccn(Cc4ccccc4F)n3)CC2)c1. The molecule has 1 aromatic heterocycles. The fourth-order valence-corrected chi connectivity index (χ4v) is 3.97. The van der Waals surface area contributed by atoms with Crippen molar-refractivity contribution in [1.82, 2.24) is 19.6 Å². The summed E-state index contributed by atoms with van der Waals surface area (Å²) in [6.45, 7) is 7.19. The van der Waals surface area contributed by atoms with E-state index in [2.05, 4.69) is 51.4 Å². The maximum atomic E-state index is 13.8. The Bertz CT molecular complexity index is 1010. The number of halogens is 1. The molecule has 1 N–H and O–H groups in total. The maximum absolute atomic E-state index is 13.8. The number of hydrogen-bond donors (Lipinski definition) is 1. The average molecular weight is 424 g/mol. The lowest BCUT2D eigenvalue weighted by Crippen LogP contribution is -2.49. The van der Waals surface area contributed by atoms with Crippen LogP contribution in [-0.4, -0.2) is 50.9 Å². The number of thiocarbonyl (C=S) groups is 1. The fraction of sp³-hybridized carbons (Fsp3) is 0.304. The van der Waals surface area contributed by atoms with E-state index in [9.17, 15) is 4.39 Å². The molecule has 3 aromatic rings. The van der Waals surface area contributed by atoms with Crippen LogP contribution in [0.5, 0.6) is 0 Å². The minimum Gasteiger partial charge on any atom is -0.346 e. The van der Waals surface area contributed by atoms with Gasteiger partial charge < -0.3 is 10.2 Å². The molecule has 0 bridgehead atoms. The van der Waals surface area contributed by atoms with Gasteiger partial charge in [0.25, 0.3) is 0 Å². The quantitative estimate of drug-likeness (QED) is 0.630. The summed E-state index contributed by atoms with van der Waals surface area (Å²) >= 11 is 5.59. The van der Waals surface area contributed by atoms with Crippen molar-refractivity contribution in [2.45, 2.75) is 20.0 Å². The van der Waals surface area contributed by atoms with Crippen LogP contribution >= 0.6 is 12.2 Å². The lowest BCUT2D eigenvalue weighted by molar-refractivity contribution is 0.177. The normalized spacial score (nSPS) is 14.7. The van der Waals surface area contributed by atoms with Gasteiger partial charge in [-0.05, 0) is 30.8 Å². The van der Waals surface area contributed by atoms with Gasteiger partial charge in [0.2, 0.25) is 0 Å². The largest absolute Gasteiger partial charge is 0.346 e. The first-order valence-corrected chi connectivity index (χ1v) is 10.6. The maximum Gasteiger partial charge on any atom is 0.174 e. The van der Waals surface area contributed by atoms with E-state index < -0.39 is 0 Å². The van der Waals surface area contributed by atoms with Crippen molar-refractivity contribution in [1.29, 1.82) is 0 Å². The molecule has 4 rings (SSSR count). The summed E-state index contributed by atoms with van der Waals surface area (Å²) in [5.41, 5.74) is 3.26. The monoisotopic (exact) mass is 423 g/mol. The molecule has 7 heteroatoms. The van der Waals surface area contributed by atoms with E-state index in [4.69, 9.17) is 12.2 Å². The third-order valence-electron chi connectivity index (χ3n) is 5.31. The highest BCUT2D eigenvalue weighted by atomic mass is 32.1. The van der Waals surface area contributed by atoms with Crippen LogP contribution in [0.15, 0.2) is 60.8 Å². The molecule has 2 heterocycles. The van der Waals surface area contributed by atoms with Gasteiger partial charge in [0, 0.05) is 50.6 Å². The molecule has 5 nitrogen and oxygen atoms in total. The molecular formula is C23H26FN5S. The molecular weight excluding hydrogens is 397 g/mol. The molecule has 1 fully saturated rings. The number of aromatic nitrogens is 2. The zero-order valence-corrected chi connectivity index (χ0v) is 17.9. The Kier molecular flexibility index (Phi) is 6.40. The number of hydrogen-bond acceptors (Lipinski definition) is 3. The van der Waals surface area contributed by atoms with Gasteiger partial charge in [-0.3, -0.25) is 9.58 Å². The van der Waals surface area contributed by atoms with Gasteiger partial charge in [-0.15, -0.1) is 0 Å². The van der Waals surface area contributed by atoms with Gasteiger partial charge >= 0.3 is 0 Å². The Balaban J connectivity index is 1.27. The lowest BCUT2D eigenvalue weighted by Gasteiger charge is -2.36. The second-order valence-corrected chi connectivity index (χ2v) is 8.06. The van der Waals surface area contributed by atoms with E-state index in [1.807, 2.05) is 18.3 Å². The van der Waals surface area contributed by atoms with Gasteiger partial charge in [0.15, 0.2) is 10.9 Å². The number of benzene rings is 2. The van der Waals surface area contributed by atoms with Crippen LogP contribution in [0, 0.1) is 12.7 Å². The lowest BCUT2D eigenvalue weighted by atomic mass is 10.1. The van der Waals surface area contributed by atoms with Crippen LogP contribution in [0.1, 0.15) is 16.7 Å². The summed E-state index contributed by atoms with van der Waals surface area (Å²) in [5, 5.41) is 8.37. The smallest absolute Gasteiger partial charge is 0.174 e. The van der Waals surface area contributed by atoms with Crippen molar-refractivity contribution in [3.05, 3.63) is 83.3 Å². The van der Waals surface area contributed by atoms with Gasteiger partial charge in [0.1, 0.15) is 5.82 Å². The second-order valence-electron chi connectivity index (χ2n) is 7.67. The van der Waals surface area contributed by atoms with Crippen LogP contribution in [-0.2, 0) is 13.1 Å². The summed E-state index contributed by atoms with van der Waals surface area (Å²) in [4.78, 5) is 4.63. The molecule has 0 aliphatic carbocycles. The minimum atomic E-state index is -0.221. The zero-order chi connectivity index (χ0) is 20.9. The number of aryl methyl sites for hydroxylation is 1. The molecule has 0 amide bonds. The second kappa shape index (κ2) is 9.36. The van der Waals surface area contributed by atoms with Crippen LogP contribution < -0.4 is 5.32 Å². The molecule has 1 aliphatic heterocycles. The van der Waals surface area contributed by atoms with Crippen LogP contribution in [0.25, 0.3) is 0 Å². The predicted molar refractivity (Wildman–Crippen MR) is 122 cm³/mol. The molecule has 1 aliphatic rings. The Morgan fingerprint density at radius 1 is 1.03 bits per heavy atom. The average Bonchev–Trinajstić information content (AvgIpc) is 3.17. The third kappa shape index (κ3) is 5.23. The molecule has 0 spiro atoms. The fourth-order valence-electron chi connectivity index (χ4n) is 3.68. The molecule has 0 saturated carbocycles. The summed E-state index contributed by atoms with van der Waals surface area (Å²) in [5.74, 6) is 0.458. The van der Waals surface area contributed by atoms with Gasteiger partial charge in [0.05, 0.1) is 6.54 Å². The molecule has 30 heavy (non-hydrogen) atoms. The molecule has 0 unspecified atom stereocenters. The molecule has 0 radical (unpaired) electrons. The molecule has 1 saturated heterocycles. The van der Waals surface area contributed by atoms with E-state index in [-0.39, 0.29) is 5.82 Å². The van der Waals surface area contributed by atoms with Crippen molar-refractivity contribution in [3.63, 3.8) is 0 Å². The third-order valence-corrected chi connectivity index (χ3v) is 5.67. The van der Waals surface area contributed by atoms with Gasteiger partial charge in [-0.2, -0.15) is 5.10 Å². The van der Waals surface area contributed by atoms with Crippen molar-refractivity contribution in [2.24, 2.45) is 0 Å². The van der Waals surface area contributed by atoms with Crippen LogP contribution in [0.4, 0.5) is 10.2 Å². The number of piperazine rings is 1. The Morgan fingerprint density at radius 3 is 2.60 bits per heavy atom. The first-order chi connectivity index (χ1) is 14.6. The van der Waals surface area contributed by atoms with Crippen molar-refractivity contribution < 1.29 is 4.39 Å². The van der Waals surface area contributed by atoms with Crippen molar-refractivity contribution in [2.75, 3.05) is 31.5 Å². The van der Waals surface area contributed by atoms with E-state index in [1.165, 1.54) is 17.2 Å². The highest BCUT2D eigenvalue weighted by molar-refractivity contribution is 7.80. The Labute approximate surface area is 182 Å². The first-order valence-electron chi connectivity index (χ1n) is 10.2. The molecule has 0 atom stereocenters. The first kappa shape index (κ1) is 20.5. The Hall–Kier alpha value is -2.77.